The second kappa shape index (κ2) is 4.90. The third-order valence-corrected chi connectivity index (χ3v) is 3.40. The van der Waals surface area contributed by atoms with Crippen molar-refractivity contribution in [2.24, 2.45) is 5.92 Å². The fourth-order valence-electron chi connectivity index (χ4n) is 1.69. The van der Waals surface area contributed by atoms with Gasteiger partial charge in [0.15, 0.2) is 5.13 Å². The van der Waals surface area contributed by atoms with E-state index in [-0.39, 0.29) is 12.5 Å². The van der Waals surface area contributed by atoms with Crippen molar-refractivity contribution in [3.63, 3.8) is 0 Å². The van der Waals surface area contributed by atoms with Crippen LogP contribution in [0.1, 0.15) is 5.69 Å². The van der Waals surface area contributed by atoms with E-state index >= 15 is 0 Å². The third-order valence-electron chi connectivity index (χ3n) is 2.52. The van der Waals surface area contributed by atoms with Gasteiger partial charge in [-0.05, 0) is 6.92 Å². The second-order valence-corrected chi connectivity index (χ2v) is 4.94. The Kier molecular flexibility index (Phi) is 3.52. The van der Waals surface area contributed by atoms with Gasteiger partial charge in [-0.2, -0.15) is 0 Å². The Balaban J connectivity index is 1.73. The molecule has 0 atom stereocenters. The highest BCUT2D eigenvalue weighted by Gasteiger charge is 2.27. The molecule has 1 amide bonds. The number of carbonyl (C=O) groups excluding carboxylic acids is 1. The maximum Gasteiger partial charge on any atom is 0.240 e. The standard InChI is InChI=1S/C10H15N3O2S/c1-7-6-16-10(11-7)12-9(15)4-13-2-8(3-13)5-14/h6,8,14H,2-5H2,1H3,(H,11,12,15). The van der Waals surface area contributed by atoms with Crippen LogP contribution >= 0.6 is 11.3 Å². The molecule has 5 nitrogen and oxygen atoms in total. The first-order valence-corrected chi connectivity index (χ1v) is 6.10. The number of nitrogens with zero attached hydrogens (tertiary/aromatic N) is 2. The SMILES string of the molecule is Cc1csc(NC(=O)CN2CC(CO)C2)n1. The highest BCUT2D eigenvalue weighted by molar-refractivity contribution is 7.13. The normalized spacial score (nSPS) is 17.1. The molecule has 0 spiro atoms. The van der Waals surface area contributed by atoms with E-state index in [9.17, 15) is 4.79 Å². The number of aliphatic hydroxyl groups is 1. The number of thiazole rings is 1. The lowest BCUT2D eigenvalue weighted by atomic mass is 10.0. The van der Waals surface area contributed by atoms with Gasteiger partial charge in [0.05, 0.1) is 12.2 Å². The zero-order valence-corrected chi connectivity index (χ0v) is 9.96. The van der Waals surface area contributed by atoms with Crippen LogP contribution in [0.25, 0.3) is 0 Å². The minimum Gasteiger partial charge on any atom is -0.396 e. The molecule has 0 bridgehead atoms. The highest BCUT2D eigenvalue weighted by Crippen LogP contribution is 2.16. The van der Waals surface area contributed by atoms with Crippen molar-refractivity contribution in [2.45, 2.75) is 6.92 Å². The minimum absolute atomic E-state index is 0.0364. The average molecular weight is 241 g/mol. The molecular weight excluding hydrogens is 226 g/mol. The Hall–Kier alpha value is -0.980. The summed E-state index contributed by atoms with van der Waals surface area (Å²) in [6.07, 6.45) is 0. The van der Waals surface area contributed by atoms with Gasteiger partial charge < -0.3 is 10.4 Å². The van der Waals surface area contributed by atoms with Crippen molar-refractivity contribution in [3.05, 3.63) is 11.1 Å². The Labute approximate surface area is 98.1 Å². The Morgan fingerprint density at radius 3 is 3.06 bits per heavy atom. The largest absolute Gasteiger partial charge is 0.396 e. The predicted octanol–water partition coefficient (Wildman–Crippen LogP) is 0.314. The van der Waals surface area contributed by atoms with Crippen molar-refractivity contribution in [3.8, 4) is 0 Å². The van der Waals surface area contributed by atoms with Crippen LogP contribution in [-0.2, 0) is 4.79 Å². The fraction of sp³-hybridized carbons (Fsp3) is 0.600. The molecule has 1 fully saturated rings. The number of aliphatic hydroxyl groups excluding tert-OH is 1. The first-order valence-electron chi connectivity index (χ1n) is 5.22. The van der Waals surface area contributed by atoms with Gasteiger partial charge in [0.1, 0.15) is 0 Å². The van der Waals surface area contributed by atoms with E-state index in [1.165, 1.54) is 11.3 Å². The topological polar surface area (TPSA) is 65.5 Å². The first kappa shape index (κ1) is 11.5. The first-order chi connectivity index (χ1) is 7.67. The van der Waals surface area contributed by atoms with E-state index in [4.69, 9.17) is 5.11 Å². The summed E-state index contributed by atoms with van der Waals surface area (Å²) in [7, 11) is 0. The zero-order chi connectivity index (χ0) is 11.5. The lowest BCUT2D eigenvalue weighted by molar-refractivity contribution is -0.119. The van der Waals surface area contributed by atoms with Crippen LogP contribution in [0.2, 0.25) is 0 Å². The number of likely N-dealkylation sites (tertiary alicyclic amines) is 1. The van der Waals surface area contributed by atoms with E-state index in [0.717, 1.165) is 18.8 Å². The van der Waals surface area contributed by atoms with E-state index in [2.05, 4.69) is 10.3 Å². The molecule has 6 heteroatoms. The van der Waals surface area contributed by atoms with Gasteiger partial charge in [-0.15, -0.1) is 11.3 Å². The molecule has 2 rings (SSSR count). The van der Waals surface area contributed by atoms with Gasteiger partial charge in [-0.3, -0.25) is 9.69 Å². The molecule has 1 aliphatic rings. The summed E-state index contributed by atoms with van der Waals surface area (Å²) in [5, 5.41) is 14.2. The molecule has 88 valence electrons. The molecule has 0 unspecified atom stereocenters. The lowest BCUT2D eigenvalue weighted by Crippen LogP contribution is -2.51. The van der Waals surface area contributed by atoms with Gasteiger partial charge in [0.2, 0.25) is 5.91 Å². The second-order valence-electron chi connectivity index (χ2n) is 4.08. The summed E-state index contributed by atoms with van der Waals surface area (Å²) < 4.78 is 0. The molecule has 0 radical (unpaired) electrons. The summed E-state index contributed by atoms with van der Waals surface area (Å²) in [6.45, 7) is 4.11. The average Bonchev–Trinajstić information content (AvgIpc) is 2.57. The monoisotopic (exact) mass is 241 g/mol. The molecule has 1 aromatic heterocycles. The molecule has 1 saturated heterocycles. The minimum atomic E-state index is -0.0364. The van der Waals surface area contributed by atoms with Crippen molar-refractivity contribution in [1.82, 2.24) is 9.88 Å². The number of aromatic nitrogens is 1. The summed E-state index contributed by atoms with van der Waals surface area (Å²) in [6, 6.07) is 0. The molecule has 1 aromatic rings. The Bertz CT molecular complexity index is 374. The summed E-state index contributed by atoms with van der Waals surface area (Å²) in [5.74, 6) is 0.306. The lowest BCUT2D eigenvalue weighted by Gasteiger charge is -2.37. The molecule has 0 aromatic carbocycles. The number of rotatable bonds is 4. The molecule has 2 N–H and O–H groups in total. The van der Waals surface area contributed by atoms with Crippen LogP contribution < -0.4 is 5.32 Å². The fourth-order valence-corrected chi connectivity index (χ4v) is 2.40. The van der Waals surface area contributed by atoms with Crippen LogP contribution in [0.3, 0.4) is 0 Å². The molecule has 1 aliphatic heterocycles. The van der Waals surface area contributed by atoms with Crippen molar-refractivity contribution in [1.29, 1.82) is 0 Å². The molecule has 0 saturated carbocycles. The smallest absolute Gasteiger partial charge is 0.240 e. The van der Waals surface area contributed by atoms with E-state index in [1.807, 2.05) is 17.2 Å². The molecule has 0 aliphatic carbocycles. The number of anilines is 1. The van der Waals surface area contributed by atoms with E-state index < -0.39 is 0 Å². The number of hydrogen-bond acceptors (Lipinski definition) is 5. The van der Waals surface area contributed by atoms with Crippen molar-refractivity contribution in [2.75, 3.05) is 31.6 Å². The maximum atomic E-state index is 11.6. The van der Waals surface area contributed by atoms with Crippen molar-refractivity contribution >= 4 is 22.4 Å². The summed E-state index contributed by atoms with van der Waals surface area (Å²) in [4.78, 5) is 17.7. The van der Waals surface area contributed by atoms with E-state index in [1.54, 1.807) is 0 Å². The van der Waals surface area contributed by atoms with Gasteiger partial charge >= 0.3 is 0 Å². The number of carbonyl (C=O) groups is 1. The highest BCUT2D eigenvalue weighted by atomic mass is 32.1. The van der Waals surface area contributed by atoms with Gasteiger partial charge in [0.25, 0.3) is 0 Å². The van der Waals surface area contributed by atoms with Gasteiger partial charge in [0, 0.05) is 31.0 Å². The number of amides is 1. The molecular formula is C10H15N3O2S. The van der Waals surface area contributed by atoms with Crippen LogP contribution in [0.5, 0.6) is 0 Å². The van der Waals surface area contributed by atoms with Gasteiger partial charge in [-0.25, -0.2) is 4.98 Å². The summed E-state index contributed by atoms with van der Waals surface area (Å²) >= 11 is 1.43. The third kappa shape index (κ3) is 2.78. The Morgan fingerprint density at radius 1 is 1.75 bits per heavy atom. The van der Waals surface area contributed by atoms with E-state index in [0.29, 0.717) is 17.6 Å². The maximum absolute atomic E-state index is 11.6. The molecule has 16 heavy (non-hydrogen) atoms. The number of hydrogen-bond donors (Lipinski definition) is 2. The molecule has 2 heterocycles. The van der Waals surface area contributed by atoms with Crippen LogP contribution in [-0.4, -0.2) is 47.1 Å². The quantitative estimate of drug-likeness (QED) is 0.796. The predicted molar refractivity (Wildman–Crippen MR) is 62.5 cm³/mol. The number of aryl methyl sites for hydroxylation is 1. The van der Waals surface area contributed by atoms with Crippen LogP contribution in [0, 0.1) is 12.8 Å². The Morgan fingerprint density at radius 2 is 2.50 bits per heavy atom. The van der Waals surface area contributed by atoms with Crippen LogP contribution in [0.15, 0.2) is 5.38 Å². The van der Waals surface area contributed by atoms with Gasteiger partial charge in [-0.1, -0.05) is 0 Å². The van der Waals surface area contributed by atoms with Crippen molar-refractivity contribution < 1.29 is 9.90 Å². The number of nitrogens with one attached hydrogen (secondary N) is 1. The zero-order valence-electron chi connectivity index (χ0n) is 9.14. The summed E-state index contributed by atoms with van der Waals surface area (Å²) in [5.41, 5.74) is 0.921. The van der Waals surface area contributed by atoms with Crippen LogP contribution in [0.4, 0.5) is 5.13 Å².